The van der Waals surface area contributed by atoms with Crippen molar-refractivity contribution in [3.05, 3.63) is 80.6 Å². The smallest absolute Gasteiger partial charge is 0.355 e. The molecular formula is C20H17BrN6O5. The number of ether oxygens (including phenoxy) is 1. The molecule has 3 rings (SSSR count). The van der Waals surface area contributed by atoms with Crippen molar-refractivity contribution < 1.29 is 19.2 Å². The van der Waals surface area contributed by atoms with Crippen molar-refractivity contribution in [1.82, 2.24) is 15.4 Å². The van der Waals surface area contributed by atoms with E-state index in [0.29, 0.717) is 16.8 Å². The van der Waals surface area contributed by atoms with Crippen LogP contribution in [-0.4, -0.2) is 33.4 Å². The molecule has 0 atom stereocenters. The fraction of sp³-hybridized carbons (Fsp3) is 0.100. The van der Waals surface area contributed by atoms with Gasteiger partial charge in [0.2, 0.25) is 11.6 Å². The molecule has 0 radical (unpaired) electrons. The first-order chi connectivity index (χ1) is 15.4. The average molecular weight is 501 g/mol. The van der Waals surface area contributed by atoms with Gasteiger partial charge in [0.05, 0.1) is 17.1 Å². The SMILES string of the molecule is CCOC(=O)c1ccc(Nc2ncnc(NNC(=O)c3ccc(Br)cc3)c2[N+](=O)[O-])cc1. The molecule has 2 aromatic carbocycles. The van der Waals surface area contributed by atoms with Gasteiger partial charge in [0, 0.05) is 15.7 Å². The molecule has 164 valence electrons. The number of esters is 1. The van der Waals surface area contributed by atoms with Crippen molar-refractivity contribution in [2.75, 3.05) is 17.3 Å². The lowest BCUT2D eigenvalue weighted by Gasteiger charge is -2.11. The maximum Gasteiger partial charge on any atom is 0.355 e. The van der Waals surface area contributed by atoms with Gasteiger partial charge in [-0.05, 0) is 55.5 Å². The van der Waals surface area contributed by atoms with Crippen molar-refractivity contribution in [1.29, 1.82) is 0 Å². The summed E-state index contributed by atoms with van der Waals surface area (Å²) in [6, 6.07) is 12.7. The molecule has 1 amide bonds. The molecule has 1 aromatic heterocycles. The number of nitro groups is 1. The second kappa shape index (κ2) is 10.3. The van der Waals surface area contributed by atoms with Crippen LogP contribution in [-0.2, 0) is 4.74 Å². The van der Waals surface area contributed by atoms with E-state index < -0.39 is 22.5 Å². The van der Waals surface area contributed by atoms with Gasteiger partial charge in [0.15, 0.2) is 0 Å². The lowest BCUT2D eigenvalue weighted by Crippen LogP contribution is -2.30. The number of nitrogens with one attached hydrogen (secondary N) is 3. The van der Waals surface area contributed by atoms with Crippen molar-refractivity contribution >= 4 is 50.8 Å². The third kappa shape index (κ3) is 5.55. The number of nitrogens with zero attached hydrogens (tertiary/aromatic N) is 3. The number of hydrazine groups is 1. The van der Waals surface area contributed by atoms with Gasteiger partial charge in [0.1, 0.15) is 6.33 Å². The molecule has 0 aliphatic rings. The fourth-order valence-corrected chi connectivity index (χ4v) is 2.83. The van der Waals surface area contributed by atoms with E-state index in [2.05, 4.69) is 42.1 Å². The highest BCUT2D eigenvalue weighted by atomic mass is 79.9. The Bertz CT molecular complexity index is 1140. The Morgan fingerprint density at radius 2 is 1.66 bits per heavy atom. The van der Waals surface area contributed by atoms with E-state index in [9.17, 15) is 19.7 Å². The van der Waals surface area contributed by atoms with Crippen LogP contribution in [0.25, 0.3) is 0 Å². The number of carbonyl (C=O) groups is 2. The van der Waals surface area contributed by atoms with Crippen LogP contribution < -0.4 is 16.2 Å². The highest BCUT2D eigenvalue weighted by Gasteiger charge is 2.24. The quantitative estimate of drug-likeness (QED) is 0.238. The number of benzene rings is 2. The molecule has 3 N–H and O–H groups in total. The highest BCUT2D eigenvalue weighted by Crippen LogP contribution is 2.30. The second-order valence-corrected chi connectivity index (χ2v) is 7.10. The second-order valence-electron chi connectivity index (χ2n) is 6.19. The minimum atomic E-state index is -0.677. The molecule has 11 nitrogen and oxygen atoms in total. The predicted octanol–water partition coefficient (Wildman–Crippen LogP) is 3.82. The Morgan fingerprint density at radius 1 is 1.03 bits per heavy atom. The molecule has 0 fully saturated rings. The Labute approximate surface area is 190 Å². The van der Waals surface area contributed by atoms with Crippen LogP contribution in [0.15, 0.2) is 59.3 Å². The largest absolute Gasteiger partial charge is 0.462 e. The van der Waals surface area contributed by atoms with Gasteiger partial charge in [-0.1, -0.05) is 15.9 Å². The Morgan fingerprint density at radius 3 is 2.28 bits per heavy atom. The first-order valence-electron chi connectivity index (χ1n) is 9.24. The lowest BCUT2D eigenvalue weighted by molar-refractivity contribution is -0.383. The maximum atomic E-state index is 12.3. The normalized spacial score (nSPS) is 10.2. The highest BCUT2D eigenvalue weighted by molar-refractivity contribution is 9.10. The molecule has 0 saturated carbocycles. The Kier molecular flexibility index (Phi) is 7.29. The number of anilines is 3. The van der Waals surface area contributed by atoms with Gasteiger partial charge in [-0.15, -0.1) is 0 Å². The summed E-state index contributed by atoms with van der Waals surface area (Å²) in [4.78, 5) is 42.8. The van der Waals surface area contributed by atoms with Gasteiger partial charge < -0.3 is 10.1 Å². The molecule has 0 unspecified atom stereocenters. The number of hydrogen-bond acceptors (Lipinski definition) is 9. The Balaban J connectivity index is 1.77. The summed E-state index contributed by atoms with van der Waals surface area (Å²) in [5.41, 5.74) is 5.50. The number of rotatable bonds is 8. The number of hydrogen-bond donors (Lipinski definition) is 3. The summed E-state index contributed by atoms with van der Waals surface area (Å²) in [6.45, 7) is 1.95. The van der Waals surface area contributed by atoms with Gasteiger partial charge in [-0.3, -0.25) is 25.8 Å². The van der Waals surface area contributed by atoms with Crippen LogP contribution >= 0.6 is 15.9 Å². The van der Waals surface area contributed by atoms with Crippen LogP contribution in [0, 0.1) is 10.1 Å². The van der Waals surface area contributed by atoms with Crippen LogP contribution in [0.1, 0.15) is 27.6 Å². The van der Waals surface area contributed by atoms with Crippen LogP contribution in [0.2, 0.25) is 0 Å². The monoisotopic (exact) mass is 500 g/mol. The van der Waals surface area contributed by atoms with E-state index in [4.69, 9.17) is 4.74 Å². The fourth-order valence-electron chi connectivity index (χ4n) is 2.56. The summed E-state index contributed by atoms with van der Waals surface area (Å²) < 4.78 is 5.73. The molecule has 0 aliphatic heterocycles. The molecule has 12 heteroatoms. The molecule has 0 spiro atoms. The summed E-state index contributed by atoms with van der Waals surface area (Å²) in [5.74, 6) is -1.29. The summed E-state index contributed by atoms with van der Waals surface area (Å²) >= 11 is 3.28. The predicted molar refractivity (Wildman–Crippen MR) is 120 cm³/mol. The molecule has 1 heterocycles. The van der Waals surface area contributed by atoms with E-state index >= 15 is 0 Å². The van der Waals surface area contributed by atoms with E-state index in [0.717, 1.165) is 10.8 Å². The van der Waals surface area contributed by atoms with Crippen LogP contribution in [0.4, 0.5) is 23.0 Å². The zero-order valence-corrected chi connectivity index (χ0v) is 18.3. The molecule has 32 heavy (non-hydrogen) atoms. The van der Waals surface area contributed by atoms with E-state index in [1.165, 1.54) is 12.1 Å². The van der Waals surface area contributed by atoms with Gasteiger partial charge in [-0.2, -0.15) is 0 Å². The molecule has 0 saturated heterocycles. The van der Waals surface area contributed by atoms with Crippen LogP contribution in [0.3, 0.4) is 0 Å². The standard InChI is InChI=1S/C20H17BrN6O5/c1-2-32-20(29)13-5-9-15(10-6-13)24-17-16(27(30)31)18(23-11-22-17)25-26-19(28)12-3-7-14(21)8-4-12/h3-11H,2H2,1H3,(H,26,28)(H2,22,23,24,25). The lowest BCUT2D eigenvalue weighted by atomic mass is 10.2. The summed E-state index contributed by atoms with van der Waals surface area (Å²) in [7, 11) is 0. The number of carbonyl (C=O) groups excluding carboxylic acids is 2. The Hall–Kier alpha value is -4.06. The third-order valence-corrected chi connectivity index (χ3v) is 4.59. The topological polar surface area (TPSA) is 148 Å². The van der Waals surface area contributed by atoms with Crippen LogP contribution in [0.5, 0.6) is 0 Å². The first-order valence-corrected chi connectivity index (χ1v) is 10.0. The first kappa shape index (κ1) is 22.6. The number of aromatic nitrogens is 2. The number of halogens is 1. The minimum Gasteiger partial charge on any atom is -0.462 e. The summed E-state index contributed by atoms with van der Waals surface area (Å²) in [5, 5.41) is 14.5. The van der Waals surface area contributed by atoms with E-state index in [1.54, 1.807) is 43.3 Å². The third-order valence-electron chi connectivity index (χ3n) is 4.06. The number of amides is 1. The van der Waals surface area contributed by atoms with E-state index in [1.807, 2.05) is 0 Å². The van der Waals surface area contributed by atoms with Gasteiger partial charge >= 0.3 is 11.7 Å². The van der Waals surface area contributed by atoms with E-state index in [-0.39, 0.29) is 18.2 Å². The van der Waals surface area contributed by atoms with Gasteiger partial charge in [0.25, 0.3) is 5.91 Å². The van der Waals surface area contributed by atoms with Crippen molar-refractivity contribution in [2.24, 2.45) is 0 Å². The van der Waals surface area contributed by atoms with Crippen molar-refractivity contribution in [2.45, 2.75) is 6.92 Å². The zero-order valence-electron chi connectivity index (χ0n) is 16.7. The molecule has 3 aromatic rings. The molecular weight excluding hydrogens is 484 g/mol. The minimum absolute atomic E-state index is 0.103. The van der Waals surface area contributed by atoms with Gasteiger partial charge in [-0.25, -0.2) is 14.8 Å². The molecule has 0 bridgehead atoms. The van der Waals surface area contributed by atoms with Crippen molar-refractivity contribution in [3.8, 4) is 0 Å². The summed E-state index contributed by atoms with van der Waals surface area (Å²) in [6.07, 6.45) is 1.11. The zero-order chi connectivity index (χ0) is 23.1. The maximum absolute atomic E-state index is 12.3. The van der Waals surface area contributed by atoms with Crippen molar-refractivity contribution in [3.63, 3.8) is 0 Å². The average Bonchev–Trinajstić information content (AvgIpc) is 2.78. The molecule has 0 aliphatic carbocycles.